The van der Waals surface area contributed by atoms with E-state index in [2.05, 4.69) is 27.3 Å². The summed E-state index contributed by atoms with van der Waals surface area (Å²) in [5, 5.41) is 3.36. The molecule has 0 unspecified atom stereocenters. The minimum Gasteiger partial charge on any atom is -0.439 e. The molecule has 1 aromatic carbocycles. The van der Waals surface area contributed by atoms with E-state index in [1.165, 1.54) is 5.69 Å². The fraction of sp³-hybridized carbons (Fsp3) is 0.312. The first kappa shape index (κ1) is 12.9. The van der Waals surface area contributed by atoms with E-state index in [4.69, 9.17) is 4.74 Å². The molecule has 2 aromatic rings. The lowest BCUT2D eigenvalue weighted by Crippen LogP contribution is -2.43. The summed E-state index contributed by atoms with van der Waals surface area (Å²) < 4.78 is 5.76. The van der Waals surface area contributed by atoms with Gasteiger partial charge in [0.25, 0.3) is 0 Å². The number of nitrogens with zero attached hydrogens (tertiary/aromatic N) is 2. The molecule has 1 fully saturated rings. The van der Waals surface area contributed by atoms with Gasteiger partial charge in [-0.1, -0.05) is 6.07 Å². The van der Waals surface area contributed by atoms with E-state index in [0.717, 1.165) is 37.6 Å². The van der Waals surface area contributed by atoms with Crippen LogP contribution in [0.1, 0.15) is 5.69 Å². The number of ether oxygens (including phenoxy) is 1. The zero-order valence-electron chi connectivity index (χ0n) is 11.7. The van der Waals surface area contributed by atoms with Crippen molar-refractivity contribution in [3.63, 3.8) is 0 Å². The molecule has 1 N–H and O–H groups in total. The van der Waals surface area contributed by atoms with Gasteiger partial charge in [0, 0.05) is 43.6 Å². The van der Waals surface area contributed by atoms with Gasteiger partial charge in [0.05, 0.1) is 0 Å². The Morgan fingerprint density at radius 1 is 1.05 bits per heavy atom. The van der Waals surface area contributed by atoms with E-state index < -0.39 is 0 Å². The summed E-state index contributed by atoms with van der Waals surface area (Å²) in [5.41, 5.74) is 2.20. The minimum atomic E-state index is 0.639. The fourth-order valence-corrected chi connectivity index (χ4v) is 2.34. The number of hydrogen-bond donors (Lipinski definition) is 1. The maximum absolute atomic E-state index is 5.76. The average molecular weight is 269 g/mol. The Kier molecular flexibility index (Phi) is 3.83. The molecule has 0 amide bonds. The van der Waals surface area contributed by atoms with Gasteiger partial charge in [-0.15, -0.1) is 0 Å². The molecule has 4 nitrogen and oxygen atoms in total. The van der Waals surface area contributed by atoms with Crippen LogP contribution in [0.4, 0.5) is 5.69 Å². The third kappa shape index (κ3) is 3.08. The van der Waals surface area contributed by atoms with Gasteiger partial charge in [0.15, 0.2) is 0 Å². The second-order valence-electron chi connectivity index (χ2n) is 4.95. The number of aryl methyl sites for hydroxylation is 1. The highest BCUT2D eigenvalue weighted by Crippen LogP contribution is 2.23. The third-order valence-electron chi connectivity index (χ3n) is 3.40. The number of pyridine rings is 1. The summed E-state index contributed by atoms with van der Waals surface area (Å²) in [6.07, 6.45) is 0. The molecule has 0 radical (unpaired) electrons. The molecule has 2 heterocycles. The number of piperazine rings is 1. The minimum absolute atomic E-state index is 0.639. The highest BCUT2D eigenvalue weighted by Gasteiger charge is 2.10. The predicted molar refractivity (Wildman–Crippen MR) is 80.6 cm³/mol. The summed E-state index contributed by atoms with van der Waals surface area (Å²) in [7, 11) is 0. The summed E-state index contributed by atoms with van der Waals surface area (Å²) in [4.78, 5) is 6.72. The molecule has 0 bridgehead atoms. The van der Waals surface area contributed by atoms with Crippen LogP contribution in [0.3, 0.4) is 0 Å². The van der Waals surface area contributed by atoms with E-state index in [9.17, 15) is 0 Å². The van der Waals surface area contributed by atoms with Crippen LogP contribution in [0.25, 0.3) is 0 Å². The molecular weight excluding hydrogens is 250 g/mol. The van der Waals surface area contributed by atoms with Gasteiger partial charge in [-0.3, -0.25) is 0 Å². The molecule has 4 heteroatoms. The normalized spacial score (nSPS) is 15.2. The van der Waals surface area contributed by atoms with Crippen LogP contribution in [0.15, 0.2) is 42.5 Å². The Hall–Kier alpha value is -2.07. The maximum atomic E-state index is 5.76. The Labute approximate surface area is 119 Å². The van der Waals surface area contributed by atoms with Crippen LogP contribution in [-0.2, 0) is 0 Å². The van der Waals surface area contributed by atoms with Crippen molar-refractivity contribution in [1.82, 2.24) is 10.3 Å². The van der Waals surface area contributed by atoms with Crippen molar-refractivity contribution in [2.24, 2.45) is 0 Å². The van der Waals surface area contributed by atoms with Gasteiger partial charge in [0.2, 0.25) is 5.88 Å². The van der Waals surface area contributed by atoms with Crippen LogP contribution in [-0.4, -0.2) is 31.2 Å². The van der Waals surface area contributed by atoms with E-state index >= 15 is 0 Å². The zero-order valence-corrected chi connectivity index (χ0v) is 11.7. The number of aromatic nitrogens is 1. The zero-order chi connectivity index (χ0) is 13.8. The average Bonchev–Trinajstić information content (AvgIpc) is 2.49. The molecule has 0 spiro atoms. The van der Waals surface area contributed by atoms with Gasteiger partial charge < -0.3 is 15.0 Å². The molecule has 0 atom stereocenters. The van der Waals surface area contributed by atoms with Crippen molar-refractivity contribution in [3.05, 3.63) is 48.2 Å². The highest BCUT2D eigenvalue weighted by molar-refractivity contribution is 5.49. The summed E-state index contributed by atoms with van der Waals surface area (Å²) >= 11 is 0. The third-order valence-corrected chi connectivity index (χ3v) is 3.40. The summed E-state index contributed by atoms with van der Waals surface area (Å²) in [6, 6.07) is 14.0. The van der Waals surface area contributed by atoms with Gasteiger partial charge in [-0.25, -0.2) is 4.98 Å². The van der Waals surface area contributed by atoms with Crippen molar-refractivity contribution in [2.75, 3.05) is 31.1 Å². The molecule has 1 aliphatic rings. The van der Waals surface area contributed by atoms with Gasteiger partial charge in [0.1, 0.15) is 5.75 Å². The fourth-order valence-electron chi connectivity index (χ4n) is 2.34. The van der Waals surface area contributed by atoms with Crippen molar-refractivity contribution >= 4 is 5.69 Å². The van der Waals surface area contributed by atoms with Crippen LogP contribution in [0.2, 0.25) is 0 Å². The maximum Gasteiger partial charge on any atom is 0.219 e. The lowest BCUT2D eigenvalue weighted by molar-refractivity contribution is 0.461. The van der Waals surface area contributed by atoms with Gasteiger partial charge in [-0.05, 0) is 37.3 Å². The number of benzene rings is 1. The molecule has 1 aromatic heterocycles. The van der Waals surface area contributed by atoms with Crippen LogP contribution >= 0.6 is 0 Å². The number of rotatable bonds is 3. The smallest absolute Gasteiger partial charge is 0.219 e. The largest absolute Gasteiger partial charge is 0.439 e. The van der Waals surface area contributed by atoms with Crippen LogP contribution in [0.5, 0.6) is 11.6 Å². The van der Waals surface area contributed by atoms with E-state index in [-0.39, 0.29) is 0 Å². The van der Waals surface area contributed by atoms with Crippen LogP contribution < -0.4 is 15.0 Å². The van der Waals surface area contributed by atoms with Crippen molar-refractivity contribution < 1.29 is 4.74 Å². The molecule has 1 saturated heterocycles. The Balaban J connectivity index is 1.69. The van der Waals surface area contributed by atoms with E-state index in [1.54, 1.807) is 0 Å². The van der Waals surface area contributed by atoms with E-state index in [1.807, 2.05) is 37.3 Å². The molecule has 104 valence electrons. The first-order chi connectivity index (χ1) is 9.81. The lowest BCUT2D eigenvalue weighted by Gasteiger charge is -2.29. The van der Waals surface area contributed by atoms with Crippen molar-refractivity contribution in [1.29, 1.82) is 0 Å². The first-order valence-corrected chi connectivity index (χ1v) is 6.98. The molecular formula is C16H19N3O. The van der Waals surface area contributed by atoms with Crippen LogP contribution in [0, 0.1) is 6.92 Å². The second kappa shape index (κ2) is 5.92. The number of hydrogen-bond acceptors (Lipinski definition) is 4. The SMILES string of the molecule is Cc1cccc(Oc2ccc(N3CCNCC3)cc2)n1. The first-order valence-electron chi connectivity index (χ1n) is 6.98. The Morgan fingerprint density at radius 3 is 2.50 bits per heavy atom. The van der Waals surface area contributed by atoms with Gasteiger partial charge in [-0.2, -0.15) is 0 Å². The monoisotopic (exact) mass is 269 g/mol. The summed E-state index contributed by atoms with van der Waals surface area (Å²) in [6.45, 7) is 6.16. The molecule has 0 saturated carbocycles. The Bertz CT molecular complexity index is 562. The van der Waals surface area contributed by atoms with Gasteiger partial charge >= 0.3 is 0 Å². The quantitative estimate of drug-likeness (QED) is 0.929. The van der Waals surface area contributed by atoms with E-state index in [0.29, 0.717) is 5.88 Å². The van der Waals surface area contributed by atoms with Crippen molar-refractivity contribution in [2.45, 2.75) is 6.92 Å². The standard InChI is InChI=1S/C16H19N3O/c1-13-3-2-4-16(18-13)20-15-7-5-14(6-8-15)19-11-9-17-10-12-19/h2-8,17H,9-12H2,1H3. The number of nitrogens with one attached hydrogen (secondary N) is 1. The topological polar surface area (TPSA) is 37.4 Å². The summed E-state index contributed by atoms with van der Waals surface area (Å²) in [5.74, 6) is 1.46. The second-order valence-corrected chi connectivity index (χ2v) is 4.95. The predicted octanol–water partition coefficient (Wildman–Crippen LogP) is 2.59. The Morgan fingerprint density at radius 2 is 1.80 bits per heavy atom. The number of anilines is 1. The lowest BCUT2D eigenvalue weighted by atomic mass is 10.2. The molecule has 20 heavy (non-hydrogen) atoms. The molecule has 0 aliphatic carbocycles. The molecule has 1 aliphatic heterocycles. The molecule has 3 rings (SSSR count). The highest BCUT2D eigenvalue weighted by atomic mass is 16.5. The van der Waals surface area contributed by atoms with Crippen molar-refractivity contribution in [3.8, 4) is 11.6 Å².